The van der Waals surface area contributed by atoms with Gasteiger partial charge in [-0.2, -0.15) is 0 Å². The highest BCUT2D eigenvalue weighted by Crippen LogP contribution is 2.37. The Morgan fingerprint density at radius 1 is 1.04 bits per heavy atom. The number of ether oxygens (including phenoxy) is 2. The molecule has 3 rings (SSSR count). The largest absolute Gasteiger partial charge is 0.493 e. The summed E-state index contributed by atoms with van der Waals surface area (Å²) < 4.78 is 12.4. The van der Waals surface area contributed by atoms with Gasteiger partial charge in [0.15, 0.2) is 11.5 Å². The van der Waals surface area contributed by atoms with Crippen LogP contribution in [-0.2, 0) is 13.2 Å². The van der Waals surface area contributed by atoms with Gasteiger partial charge in [-0.25, -0.2) is 0 Å². The second-order valence-electron chi connectivity index (χ2n) is 6.24. The number of nitrogens with zero attached hydrogens (tertiary/aromatic N) is 1. The van der Waals surface area contributed by atoms with Crippen LogP contribution >= 0.6 is 15.9 Å². The van der Waals surface area contributed by atoms with E-state index in [2.05, 4.69) is 39.2 Å². The summed E-state index contributed by atoms with van der Waals surface area (Å²) in [5.41, 5.74) is 3.24. The molecule has 3 aromatic rings. The highest BCUT2D eigenvalue weighted by Gasteiger charge is 2.13. The molecular formula is C22H23BrN2O2. The van der Waals surface area contributed by atoms with Gasteiger partial charge in [0.05, 0.1) is 17.3 Å². The maximum Gasteiger partial charge on any atom is 0.175 e. The molecule has 0 radical (unpaired) electrons. The molecule has 1 N–H and O–H groups in total. The van der Waals surface area contributed by atoms with Crippen LogP contribution in [0.2, 0.25) is 0 Å². The Labute approximate surface area is 168 Å². The highest BCUT2D eigenvalue weighted by molar-refractivity contribution is 9.10. The molecule has 0 aliphatic carbocycles. The molecule has 1 atom stereocenters. The molecule has 140 valence electrons. The number of methoxy groups -OCH3 is 1. The maximum atomic E-state index is 5.99. The third kappa shape index (κ3) is 5.31. The van der Waals surface area contributed by atoms with Gasteiger partial charge in [-0.1, -0.05) is 36.4 Å². The molecule has 27 heavy (non-hydrogen) atoms. The molecule has 5 heteroatoms. The zero-order valence-corrected chi connectivity index (χ0v) is 17.1. The quantitative estimate of drug-likeness (QED) is 0.531. The predicted octanol–water partition coefficient (Wildman–Crippen LogP) is 5.28. The van der Waals surface area contributed by atoms with Gasteiger partial charge in [0.25, 0.3) is 0 Å². The van der Waals surface area contributed by atoms with Crippen LogP contribution in [0, 0.1) is 0 Å². The van der Waals surface area contributed by atoms with E-state index in [0.717, 1.165) is 21.3 Å². The summed E-state index contributed by atoms with van der Waals surface area (Å²) in [5, 5.41) is 3.49. The van der Waals surface area contributed by atoms with Gasteiger partial charge in [0.1, 0.15) is 6.61 Å². The molecule has 0 amide bonds. The molecule has 0 fully saturated rings. The summed E-state index contributed by atoms with van der Waals surface area (Å²) in [4.78, 5) is 4.39. The molecule has 0 unspecified atom stereocenters. The Bertz CT molecular complexity index is 857. The zero-order valence-electron chi connectivity index (χ0n) is 15.5. The summed E-state index contributed by atoms with van der Waals surface area (Å²) in [6.45, 7) is 3.29. The van der Waals surface area contributed by atoms with Crippen LogP contribution in [0.25, 0.3) is 0 Å². The molecule has 0 bridgehead atoms. The second kappa shape index (κ2) is 9.53. The van der Waals surface area contributed by atoms with Gasteiger partial charge in [-0.3, -0.25) is 4.98 Å². The first kappa shape index (κ1) is 19.4. The van der Waals surface area contributed by atoms with Crippen molar-refractivity contribution in [2.75, 3.05) is 7.11 Å². The molecule has 0 saturated carbocycles. The fourth-order valence-corrected chi connectivity index (χ4v) is 3.36. The normalized spacial score (nSPS) is 11.8. The molecule has 0 saturated heterocycles. The zero-order chi connectivity index (χ0) is 19.1. The lowest BCUT2D eigenvalue weighted by molar-refractivity contribution is 0.282. The minimum Gasteiger partial charge on any atom is -0.493 e. The van der Waals surface area contributed by atoms with Crippen molar-refractivity contribution in [3.63, 3.8) is 0 Å². The van der Waals surface area contributed by atoms with Crippen LogP contribution in [0.1, 0.15) is 29.8 Å². The van der Waals surface area contributed by atoms with E-state index in [1.165, 1.54) is 0 Å². The van der Waals surface area contributed by atoms with Gasteiger partial charge < -0.3 is 14.8 Å². The number of halogens is 1. The van der Waals surface area contributed by atoms with Crippen LogP contribution in [0.4, 0.5) is 0 Å². The average Bonchev–Trinajstić information content (AvgIpc) is 2.72. The van der Waals surface area contributed by atoms with E-state index in [1.54, 1.807) is 7.11 Å². The van der Waals surface area contributed by atoms with E-state index < -0.39 is 0 Å². The predicted molar refractivity (Wildman–Crippen MR) is 111 cm³/mol. The topological polar surface area (TPSA) is 43.4 Å². The number of benzene rings is 2. The van der Waals surface area contributed by atoms with E-state index in [-0.39, 0.29) is 6.04 Å². The molecular weight excluding hydrogens is 404 g/mol. The van der Waals surface area contributed by atoms with Crippen LogP contribution in [0.3, 0.4) is 0 Å². The lowest BCUT2D eigenvalue weighted by Crippen LogP contribution is -2.19. The Hall–Kier alpha value is -2.37. The highest BCUT2D eigenvalue weighted by atomic mass is 79.9. The number of hydrogen-bond acceptors (Lipinski definition) is 4. The number of hydrogen-bond donors (Lipinski definition) is 1. The maximum absolute atomic E-state index is 5.99. The van der Waals surface area contributed by atoms with Crippen molar-refractivity contribution in [2.24, 2.45) is 0 Å². The van der Waals surface area contributed by atoms with Crippen molar-refractivity contribution < 1.29 is 9.47 Å². The minimum atomic E-state index is 0.157. The molecule has 0 aliphatic heterocycles. The second-order valence-corrected chi connectivity index (χ2v) is 7.09. The first-order valence-electron chi connectivity index (χ1n) is 8.85. The fourth-order valence-electron chi connectivity index (χ4n) is 2.75. The Balaban J connectivity index is 1.68. The Morgan fingerprint density at radius 3 is 2.52 bits per heavy atom. The Kier molecular flexibility index (Phi) is 6.85. The molecule has 1 aromatic heterocycles. The summed E-state index contributed by atoms with van der Waals surface area (Å²) in [7, 11) is 1.66. The van der Waals surface area contributed by atoms with E-state index in [9.17, 15) is 0 Å². The van der Waals surface area contributed by atoms with Gasteiger partial charge in [-0.05, 0) is 58.2 Å². The van der Waals surface area contributed by atoms with E-state index in [0.29, 0.717) is 24.7 Å². The van der Waals surface area contributed by atoms with Gasteiger partial charge >= 0.3 is 0 Å². The van der Waals surface area contributed by atoms with Gasteiger partial charge in [0, 0.05) is 18.8 Å². The van der Waals surface area contributed by atoms with Crippen molar-refractivity contribution in [1.29, 1.82) is 0 Å². The van der Waals surface area contributed by atoms with E-state index >= 15 is 0 Å². The third-order valence-corrected chi connectivity index (χ3v) is 4.85. The van der Waals surface area contributed by atoms with Crippen molar-refractivity contribution in [3.05, 3.63) is 88.2 Å². The first-order valence-corrected chi connectivity index (χ1v) is 9.64. The number of aromatic nitrogens is 1. The first-order chi connectivity index (χ1) is 13.2. The molecule has 1 heterocycles. The number of pyridine rings is 1. The Morgan fingerprint density at radius 2 is 1.81 bits per heavy atom. The number of rotatable bonds is 8. The average molecular weight is 427 g/mol. The van der Waals surface area contributed by atoms with Crippen LogP contribution in [0.5, 0.6) is 11.5 Å². The molecule has 4 nitrogen and oxygen atoms in total. The van der Waals surface area contributed by atoms with E-state index in [1.807, 2.05) is 60.8 Å². The van der Waals surface area contributed by atoms with Crippen molar-refractivity contribution in [2.45, 2.75) is 26.1 Å². The summed E-state index contributed by atoms with van der Waals surface area (Å²) >= 11 is 3.62. The smallest absolute Gasteiger partial charge is 0.175 e. The number of nitrogens with one attached hydrogen (secondary N) is 1. The van der Waals surface area contributed by atoms with Crippen LogP contribution in [0.15, 0.2) is 71.3 Å². The standard InChI is InChI=1S/C22H23BrN2O2/c1-16(20-10-6-7-11-24-20)25-14-18-12-19(23)22(21(13-18)26-2)27-15-17-8-4-3-5-9-17/h3-13,16,25H,14-15H2,1-2H3/t16-/m0/s1. The van der Waals surface area contributed by atoms with E-state index in [4.69, 9.17) is 9.47 Å². The molecule has 0 spiro atoms. The monoisotopic (exact) mass is 426 g/mol. The lowest BCUT2D eigenvalue weighted by atomic mass is 10.1. The minimum absolute atomic E-state index is 0.157. The summed E-state index contributed by atoms with van der Waals surface area (Å²) in [6.07, 6.45) is 1.81. The van der Waals surface area contributed by atoms with Crippen LogP contribution < -0.4 is 14.8 Å². The third-order valence-electron chi connectivity index (χ3n) is 4.26. The van der Waals surface area contributed by atoms with Gasteiger partial charge in [0.2, 0.25) is 0 Å². The van der Waals surface area contributed by atoms with Crippen molar-refractivity contribution in [3.8, 4) is 11.5 Å². The van der Waals surface area contributed by atoms with Crippen molar-refractivity contribution >= 4 is 15.9 Å². The van der Waals surface area contributed by atoms with Gasteiger partial charge in [-0.15, -0.1) is 0 Å². The lowest BCUT2D eigenvalue weighted by Gasteiger charge is -2.17. The van der Waals surface area contributed by atoms with Crippen LogP contribution in [-0.4, -0.2) is 12.1 Å². The summed E-state index contributed by atoms with van der Waals surface area (Å²) in [6, 6.07) is 20.2. The SMILES string of the molecule is COc1cc(CN[C@@H](C)c2ccccn2)cc(Br)c1OCc1ccccc1. The van der Waals surface area contributed by atoms with Crippen molar-refractivity contribution in [1.82, 2.24) is 10.3 Å². The molecule has 0 aliphatic rings. The fraction of sp³-hybridized carbons (Fsp3) is 0.227. The summed E-state index contributed by atoms with van der Waals surface area (Å²) in [5.74, 6) is 1.42. The molecule has 2 aromatic carbocycles.